The van der Waals surface area contributed by atoms with Crippen molar-refractivity contribution in [2.75, 3.05) is 32.8 Å². The van der Waals surface area contributed by atoms with E-state index in [-0.39, 0.29) is 19.7 Å². The Bertz CT molecular complexity index is 231. The van der Waals surface area contributed by atoms with Crippen molar-refractivity contribution in [3.63, 3.8) is 0 Å². The van der Waals surface area contributed by atoms with Gasteiger partial charge in [0, 0.05) is 13.1 Å². The highest BCUT2D eigenvalue weighted by Crippen LogP contribution is 2.11. The molecule has 0 bridgehead atoms. The highest BCUT2D eigenvalue weighted by Gasteiger charge is 2.27. The lowest BCUT2D eigenvalue weighted by atomic mass is 10.4. The van der Waals surface area contributed by atoms with E-state index < -0.39 is 18.6 Å². The maximum absolute atomic E-state index is 11.8. The fraction of sp³-hybridized carbons (Fsp3) is 0.667. The molecule has 0 heterocycles. The molecule has 16 heavy (non-hydrogen) atoms. The Morgan fingerprint density at radius 3 is 2.56 bits per heavy atom. The van der Waals surface area contributed by atoms with Crippen LogP contribution in [0.4, 0.5) is 13.2 Å². The van der Waals surface area contributed by atoms with Crippen molar-refractivity contribution >= 4 is 5.91 Å². The predicted molar refractivity (Wildman–Crippen MR) is 52.8 cm³/mol. The summed E-state index contributed by atoms with van der Waals surface area (Å²) in [5.74, 6) is -0.729. The Morgan fingerprint density at radius 2 is 2.12 bits per heavy atom. The first kappa shape index (κ1) is 14.9. The van der Waals surface area contributed by atoms with Crippen LogP contribution in [-0.4, -0.2) is 54.9 Å². The normalized spacial score (nSPS) is 11.6. The van der Waals surface area contributed by atoms with Crippen LogP contribution >= 0.6 is 0 Å². The summed E-state index contributed by atoms with van der Waals surface area (Å²) in [6, 6.07) is 0. The van der Waals surface area contributed by atoms with E-state index in [0.29, 0.717) is 6.54 Å². The maximum Gasteiger partial charge on any atom is 0.405 e. The summed E-state index contributed by atoms with van der Waals surface area (Å²) in [7, 11) is 0. The number of carbonyl (C=O) groups is 1. The van der Waals surface area contributed by atoms with Crippen molar-refractivity contribution in [2.45, 2.75) is 6.18 Å². The van der Waals surface area contributed by atoms with Crippen LogP contribution in [0.15, 0.2) is 12.7 Å². The first-order valence-electron chi connectivity index (χ1n) is 4.66. The predicted octanol–water partition coefficient (Wildman–Crippen LogP) is 0.145. The number of nitrogens with one attached hydrogen (secondary N) is 1. The quantitative estimate of drug-likeness (QED) is 0.623. The van der Waals surface area contributed by atoms with Crippen molar-refractivity contribution in [1.82, 2.24) is 10.2 Å². The molecule has 7 heteroatoms. The molecule has 0 rings (SSSR count). The number of alkyl halides is 3. The molecular formula is C9H15F3N2O2. The second kappa shape index (κ2) is 7.24. The van der Waals surface area contributed by atoms with Gasteiger partial charge in [0.1, 0.15) is 6.54 Å². The minimum absolute atomic E-state index is 0.166. The van der Waals surface area contributed by atoms with Gasteiger partial charge in [0.25, 0.3) is 0 Å². The molecule has 0 aliphatic heterocycles. The van der Waals surface area contributed by atoms with Crippen molar-refractivity contribution < 1.29 is 23.1 Å². The number of rotatable bonds is 7. The van der Waals surface area contributed by atoms with E-state index in [9.17, 15) is 18.0 Å². The summed E-state index contributed by atoms with van der Waals surface area (Å²) < 4.78 is 35.3. The third-order valence-electron chi connectivity index (χ3n) is 1.66. The Balaban J connectivity index is 3.94. The first-order valence-corrected chi connectivity index (χ1v) is 4.66. The average Bonchev–Trinajstić information content (AvgIpc) is 2.14. The molecule has 0 aromatic heterocycles. The largest absolute Gasteiger partial charge is 0.405 e. The van der Waals surface area contributed by atoms with Crippen LogP contribution in [0.1, 0.15) is 0 Å². The third-order valence-corrected chi connectivity index (χ3v) is 1.66. The van der Waals surface area contributed by atoms with Gasteiger partial charge in [-0.3, -0.25) is 9.69 Å². The molecule has 0 saturated heterocycles. The molecule has 0 atom stereocenters. The van der Waals surface area contributed by atoms with Gasteiger partial charge in [0.15, 0.2) is 0 Å². The van der Waals surface area contributed by atoms with Gasteiger partial charge in [-0.15, -0.1) is 6.58 Å². The molecule has 0 spiro atoms. The van der Waals surface area contributed by atoms with Crippen molar-refractivity contribution in [1.29, 1.82) is 0 Å². The zero-order chi connectivity index (χ0) is 12.6. The van der Waals surface area contributed by atoms with E-state index in [4.69, 9.17) is 5.11 Å². The fourth-order valence-electron chi connectivity index (χ4n) is 1.02. The molecule has 0 saturated carbocycles. The van der Waals surface area contributed by atoms with E-state index in [1.807, 2.05) is 0 Å². The Hall–Kier alpha value is -1.08. The third kappa shape index (κ3) is 8.25. The number of amides is 1. The van der Waals surface area contributed by atoms with E-state index in [2.05, 4.69) is 6.58 Å². The van der Waals surface area contributed by atoms with Crippen LogP contribution in [0, 0.1) is 0 Å². The Labute approximate surface area is 91.7 Å². The van der Waals surface area contributed by atoms with Gasteiger partial charge in [-0.2, -0.15) is 13.2 Å². The van der Waals surface area contributed by atoms with Gasteiger partial charge in [-0.25, -0.2) is 0 Å². The molecule has 94 valence electrons. The molecule has 0 unspecified atom stereocenters. The minimum atomic E-state index is -4.41. The number of halogens is 3. The lowest BCUT2D eigenvalue weighted by molar-refractivity contribution is -0.139. The van der Waals surface area contributed by atoms with Gasteiger partial charge in [-0.05, 0) is 0 Å². The Kier molecular flexibility index (Phi) is 6.75. The highest BCUT2D eigenvalue weighted by molar-refractivity contribution is 5.78. The van der Waals surface area contributed by atoms with E-state index in [0.717, 1.165) is 0 Å². The number of aliphatic hydroxyl groups excluding tert-OH is 1. The van der Waals surface area contributed by atoms with E-state index >= 15 is 0 Å². The maximum atomic E-state index is 11.8. The first-order chi connectivity index (χ1) is 7.39. The smallest absolute Gasteiger partial charge is 0.395 e. The van der Waals surface area contributed by atoms with Crippen LogP contribution in [0.25, 0.3) is 0 Å². The van der Waals surface area contributed by atoms with Gasteiger partial charge < -0.3 is 10.4 Å². The molecule has 0 fully saturated rings. The van der Waals surface area contributed by atoms with E-state index in [1.54, 1.807) is 5.32 Å². The Morgan fingerprint density at radius 1 is 1.50 bits per heavy atom. The monoisotopic (exact) mass is 240 g/mol. The molecule has 1 amide bonds. The zero-order valence-corrected chi connectivity index (χ0v) is 8.76. The highest BCUT2D eigenvalue weighted by atomic mass is 19.4. The van der Waals surface area contributed by atoms with Crippen LogP contribution in [0.2, 0.25) is 0 Å². The minimum Gasteiger partial charge on any atom is -0.395 e. The summed E-state index contributed by atoms with van der Waals surface area (Å²) in [5, 5.41) is 10.4. The number of aliphatic hydroxyl groups is 1. The molecule has 0 aromatic rings. The van der Waals surface area contributed by atoms with Gasteiger partial charge in [-0.1, -0.05) is 6.08 Å². The molecule has 0 aliphatic carbocycles. The molecule has 0 aromatic carbocycles. The van der Waals surface area contributed by atoms with Gasteiger partial charge >= 0.3 is 6.18 Å². The van der Waals surface area contributed by atoms with Crippen molar-refractivity contribution in [3.05, 3.63) is 12.7 Å². The summed E-state index contributed by atoms with van der Waals surface area (Å²) in [6.07, 6.45) is -2.90. The molecule has 2 N–H and O–H groups in total. The summed E-state index contributed by atoms with van der Waals surface area (Å²) in [6.45, 7) is 2.29. The van der Waals surface area contributed by atoms with Gasteiger partial charge in [0.05, 0.1) is 13.2 Å². The summed E-state index contributed by atoms with van der Waals surface area (Å²) in [5.41, 5.74) is 0. The summed E-state index contributed by atoms with van der Waals surface area (Å²) >= 11 is 0. The molecule has 4 nitrogen and oxygen atoms in total. The molecule has 0 radical (unpaired) electrons. The molecule has 0 aliphatic rings. The van der Waals surface area contributed by atoms with Crippen LogP contribution in [0.5, 0.6) is 0 Å². The number of nitrogens with zero attached hydrogens (tertiary/aromatic N) is 1. The average molecular weight is 240 g/mol. The standard InChI is InChI=1S/C9H15F3N2O2/c1-2-3-14(4-5-15)6-8(16)13-7-9(10,11)12/h2,15H,1,3-7H2,(H,13,16). The van der Waals surface area contributed by atoms with Crippen LogP contribution in [-0.2, 0) is 4.79 Å². The lowest BCUT2D eigenvalue weighted by Crippen LogP contribution is -2.42. The fourth-order valence-corrected chi connectivity index (χ4v) is 1.02. The van der Waals surface area contributed by atoms with Gasteiger partial charge in [0.2, 0.25) is 5.91 Å². The molecular weight excluding hydrogens is 225 g/mol. The number of hydrogen-bond donors (Lipinski definition) is 2. The number of carbonyl (C=O) groups excluding carboxylic acids is 1. The number of hydrogen-bond acceptors (Lipinski definition) is 3. The lowest BCUT2D eigenvalue weighted by Gasteiger charge is -2.18. The second-order valence-corrected chi connectivity index (χ2v) is 3.14. The van der Waals surface area contributed by atoms with Crippen LogP contribution < -0.4 is 5.32 Å². The summed E-state index contributed by atoms with van der Waals surface area (Å²) in [4.78, 5) is 12.6. The van der Waals surface area contributed by atoms with Crippen molar-refractivity contribution in [2.24, 2.45) is 0 Å². The second-order valence-electron chi connectivity index (χ2n) is 3.14. The van der Waals surface area contributed by atoms with E-state index in [1.165, 1.54) is 11.0 Å². The SMILES string of the molecule is C=CCN(CCO)CC(=O)NCC(F)(F)F. The van der Waals surface area contributed by atoms with Crippen molar-refractivity contribution in [3.8, 4) is 0 Å². The topological polar surface area (TPSA) is 52.6 Å². The van der Waals surface area contributed by atoms with Crippen LogP contribution in [0.3, 0.4) is 0 Å². The zero-order valence-electron chi connectivity index (χ0n) is 8.76.